The van der Waals surface area contributed by atoms with Gasteiger partial charge < -0.3 is 5.32 Å². The quantitative estimate of drug-likeness (QED) is 0.642. The van der Waals surface area contributed by atoms with E-state index in [0.29, 0.717) is 16.4 Å². The van der Waals surface area contributed by atoms with Gasteiger partial charge in [0.1, 0.15) is 0 Å². The molecule has 18 heavy (non-hydrogen) atoms. The molecule has 0 bridgehead atoms. The minimum Gasteiger partial charge on any atom is -0.352 e. The van der Waals surface area contributed by atoms with Crippen LogP contribution in [0.3, 0.4) is 0 Å². The Morgan fingerprint density at radius 1 is 1.44 bits per heavy atom. The van der Waals surface area contributed by atoms with Crippen molar-refractivity contribution in [2.45, 2.75) is 24.2 Å². The van der Waals surface area contributed by atoms with E-state index in [2.05, 4.69) is 46.0 Å². The van der Waals surface area contributed by atoms with Gasteiger partial charge in [0.2, 0.25) is 0 Å². The molecule has 0 spiro atoms. The first-order valence-electron chi connectivity index (χ1n) is 6.08. The van der Waals surface area contributed by atoms with Crippen molar-refractivity contribution in [3.05, 3.63) is 40.4 Å². The highest BCUT2D eigenvalue weighted by Gasteiger charge is 2.13. The van der Waals surface area contributed by atoms with Crippen LogP contribution < -0.4 is 5.32 Å². The van der Waals surface area contributed by atoms with Crippen LogP contribution in [0.2, 0.25) is 0 Å². The maximum atomic E-state index is 12.0. The van der Waals surface area contributed by atoms with Crippen LogP contribution in [0.5, 0.6) is 0 Å². The normalized spacial score (nSPS) is 18.7. The molecule has 1 aliphatic rings. The van der Waals surface area contributed by atoms with E-state index in [0.717, 1.165) is 30.3 Å². The first kappa shape index (κ1) is 13.7. The lowest BCUT2D eigenvalue weighted by Crippen LogP contribution is -2.29. The molecule has 1 unspecified atom stereocenters. The molecule has 2 nitrogen and oxygen atoms in total. The molecule has 1 aliphatic carbocycles. The molecule has 4 heteroatoms. The van der Waals surface area contributed by atoms with Crippen LogP contribution >= 0.6 is 28.6 Å². The van der Waals surface area contributed by atoms with E-state index in [1.165, 1.54) is 0 Å². The van der Waals surface area contributed by atoms with Crippen LogP contribution in [-0.4, -0.2) is 12.5 Å². The molecule has 2 rings (SSSR count). The molecule has 0 aromatic heterocycles. The lowest BCUT2D eigenvalue weighted by molar-refractivity contribution is 0.0943. The Kier molecular flexibility index (Phi) is 4.89. The monoisotopic (exact) mass is 325 g/mol. The average Bonchev–Trinajstić information content (AvgIpc) is 2.37. The summed E-state index contributed by atoms with van der Waals surface area (Å²) in [7, 11) is 0. The van der Waals surface area contributed by atoms with Crippen molar-refractivity contribution in [2.24, 2.45) is 5.92 Å². The van der Waals surface area contributed by atoms with Crippen molar-refractivity contribution in [2.75, 3.05) is 6.54 Å². The summed E-state index contributed by atoms with van der Waals surface area (Å²) in [5, 5.41) is 2.99. The van der Waals surface area contributed by atoms with E-state index < -0.39 is 0 Å². The molecule has 1 amide bonds. The number of nitrogens with one attached hydrogen (secondary N) is 1. The smallest absolute Gasteiger partial charge is 0.252 e. The van der Waals surface area contributed by atoms with Gasteiger partial charge in [0.15, 0.2) is 0 Å². The maximum absolute atomic E-state index is 12.0. The Hall–Kier alpha value is -0.740. The topological polar surface area (TPSA) is 29.1 Å². The molecule has 0 radical (unpaired) electrons. The van der Waals surface area contributed by atoms with Gasteiger partial charge in [-0.1, -0.05) is 28.1 Å². The number of carbonyl (C=O) groups excluding carboxylic acids is 1. The molecule has 0 saturated heterocycles. The third-order valence-corrected chi connectivity index (χ3v) is 4.00. The first-order valence-corrected chi connectivity index (χ1v) is 7.32. The van der Waals surface area contributed by atoms with Crippen molar-refractivity contribution in [3.63, 3.8) is 0 Å². The molecule has 1 aromatic carbocycles. The minimum atomic E-state index is -0.0398. The SMILES string of the molecule is O=C(NCC1CC=CCC1)c1ccc(Br)cc1S. The third kappa shape index (κ3) is 3.62. The summed E-state index contributed by atoms with van der Waals surface area (Å²) in [6.45, 7) is 0.743. The molecule has 0 saturated carbocycles. The summed E-state index contributed by atoms with van der Waals surface area (Å²) in [6, 6.07) is 5.49. The number of halogens is 1. The standard InChI is InChI=1S/C14H16BrNOS/c15-11-6-7-12(13(18)8-11)14(17)16-9-10-4-2-1-3-5-10/h1-2,6-8,10,18H,3-5,9H2,(H,16,17). The van der Waals surface area contributed by atoms with Gasteiger partial charge in [-0.3, -0.25) is 4.79 Å². The molecule has 1 atom stereocenters. The van der Waals surface area contributed by atoms with Crippen molar-refractivity contribution in [1.29, 1.82) is 0 Å². The fourth-order valence-electron chi connectivity index (χ4n) is 2.07. The molecule has 1 aromatic rings. The molecule has 0 fully saturated rings. The summed E-state index contributed by atoms with van der Waals surface area (Å²) >= 11 is 7.68. The fraction of sp³-hybridized carbons (Fsp3) is 0.357. The number of thiol groups is 1. The van der Waals surface area contributed by atoms with Crippen molar-refractivity contribution < 1.29 is 4.79 Å². The highest BCUT2D eigenvalue weighted by molar-refractivity contribution is 9.10. The Morgan fingerprint density at radius 2 is 2.28 bits per heavy atom. The number of hydrogen-bond donors (Lipinski definition) is 2. The molecule has 0 aliphatic heterocycles. The van der Waals surface area contributed by atoms with Crippen LogP contribution in [-0.2, 0) is 0 Å². The van der Waals surface area contributed by atoms with Gasteiger partial charge in [0.25, 0.3) is 5.91 Å². The van der Waals surface area contributed by atoms with Crippen LogP contribution in [0.25, 0.3) is 0 Å². The lowest BCUT2D eigenvalue weighted by atomic mass is 9.94. The van der Waals surface area contributed by atoms with Gasteiger partial charge in [-0.25, -0.2) is 0 Å². The second kappa shape index (κ2) is 6.43. The van der Waals surface area contributed by atoms with E-state index in [1.54, 1.807) is 6.07 Å². The van der Waals surface area contributed by atoms with E-state index in [-0.39, 0.29) is 5.91 Å². The van der Waals surface area contributed by atoms with Crippen LogP contribution in [0.15, 0.2) is 39.7 Å². The third-order valence-electron chi connectivity index (χ3n) is 3.13. The zero-order chi connectivity index (χ0) is 13.0. The molecule has 1 N–H and O–H groups in total. The predicted molar refractivity (Wildman–Crippen MR) is 80.2 cm³/mol. The van der Waals surface area contributed by atoms with E-state index >= 15 is 0 Å². The summed E-state index contributed by atoms with van der Waals surface area (Å²) < 4.78 is 0.932. The van der Waals surface area contributed by atoms with Gasteiger partial charge in [-0.15, -0.1) is 12.6 Å². The number of carbonyl (C=O) groups is 1. The minimum absolute atomic E-state index is 0.0398. The number of hydrogen-bond acceptors (Lipinski definition) is 2. The maximum Gasteiger partial charge on any atom is 0.252 e. The number of amides is 1. The molecular weight excluding hydrogens is 310 g/mol. The fourth-order valence-corrected chi connectivity index (χ4v) is 2.92. The summed E-state index contributed by atoms with van der Waals surface area (Å²) in [5.74, 6) is 0.528. The van der Waals surface area contributed by atoms with Crippen LogP contribution in [0.4, 0.5) is 0 Å². The average molecular weight is 326 g/mol. The van der Waals surface area contributed by atoms with Crippen molar-refractivity contribution in [1.82, 2.24) is 5.32 Å². The van der Waals surface area contributed by atoms with Gasteiger partial charge in [-0.05, 0) is 43.4 Å². The predicted octanol–water partition coefficient (Wildman–Crippen LogP) is 3.82. The number of benzene rings is 1. The Morgan fingerprint density at radius 3 is 2.94 bits per heavy atom. The zero-order valence-electron chi connectivity index (χ0n) is 10.0. The number of allylic oxidation sites excluding steroid dienone is 2. The Bertz CT molecular complexity index is 473. The summed E-state index contributed by atoms with van der Waals surface area (Å²) in [4.78, 5) is 12.7. The highest BCUT2D eigenvalue weighted by atomic mass is 79.9. The van der Waals surface area contributed by atoms with Gasteiger partial charge in [0, 0.05) is 15.9 Å². The molecular formula is C14H16BrNOS. The largest absolute Gasteiger partial charge is 0.352 e. The number of rotatable bonds is 3. The van der Waals surface area contributed by atoms with E-state index in [1.807, 2.05) is 12.1 Å². The summed E-state index contributed by atoms with van der Waals surface area (Å²) in [5.41, 5.74) is 0.632. The Labute approximate surface area is 121 Å². The highest BCUT2D eigenvalue weighted by Crippen LogP contribution is 2.20. The molecule has 0 heterocycles. The second-order valence-corrected chi connectivity index (χ2v) is 5.92. The Balaban J connectivity index is 1.93. The van der Waals surface area contributed by atoms with Gasteiger partial charge in [0.05, 0.1) is 5.56 Å². The first-order chi connectivity index (χ1) is 8.66. The van der Waals surface area contributed by atoms with E-state index in [4.69, 9.17) is 0 Å². The molecule has 96 valence electrons. The summed E-state index contributed by atoms with van der Waals surface area (Å²) in [6.07, 6.45) is 7.75. The van der Waals surface area contributed by atoms with Crippen molar-refractivity contribution in [3.8, 4) is 0 Å². The van der Waals surface area contributed by atoms with Gasteiger partial charge in [-0.2, -0.15) is 0 Å². The second-order valence-electron chi connectivity index (χ2n) is 4.52. The van der Waals surface area contributed by atoms with E-state index in [9.17, 15) is 4.79 Å². The van der Waals surface area contributed by atoms with Crippen molar-refractivity contribution >= 4 is 34.5 Å². The van der Waals surface area contributed by atoms with Gasteiger partial charge >= 0.3 is 0 Å². The lowest BCUT2D eigenvalue weighted by Gasteiger charge is -2.18. The zero-order valence-corrected chi connectivity index (χ0v) is 12.5. The van der Waals surface area contributed by atoms with Crippen LogP contribution in [0, 0.1) is 5.92 Å². The van der Waals surface area contributed by atoms with Crippen LogP contribution in [0.1, 0.15) is 29.6 Å².